The van der Waals surface area contributed by atoms with Crippen LogP contribution in [0.5, 0.6) is 0 Å². The van der Waals surface area contributed by atoms with Gasteiger partial charge in [0.1, 0.15) is 0 Å². The Labute approximate surface area is 121 Å². The van der Waals surface area contributed by atoms with Crippen molar-refractivity contribution in [2.75, 3.05) is 74.0 Å². The third-order valence-corrected chi connectivity index (χ3v) is 1.59. The second-order valence-electron chi connectivity index (χ2n) is 3.47. The molecule has 0 heterocycles. The van der Waals surface area contributed by atoms with E-state index in [0.29, 0.717) is 33.0 Å². The minimum Gasteiger partial charge on any atom is -0.395 e. The molecule has 0 fully saturated rings. The number of likely N-dealkylation sites (N-methyl/N-ethyl adjacent to an activating group) is 1. The molecule has 0 rings (SSSR count). The van der Waals surface area contributed by atoms with Crippen LogP contribution < -0.4 is 0 Å². The molecule has 0 aliphatic heterocycles. The van der Waals surface area contributed by atoms with Gasteiger partial charge in [-0.2, -0.15) is 0 Å². The van der Waals surface area contributed by atoms with Gasteiger partial charge in [0, 0.05) is 13.7 Å². The number of aliphatic hydroxyl groups excluding tert-OH is 2. The molecule has 114 valence electrons. The van der Waals surface area contributed by atoms with Gasteiger partial charge in [-0.1, -0.05) is 0 Å². The molecular formula is C11H28BrNO5. The van der Waals surface area contributed by atoms with E-state index in [9.17, 15) is 0 Å². The van der Waals surface area contributed by atoms with Crippen LogP contribution in [0.2, 0.25) is 0 Å². The van der Waals surface area contributed by atoms with Gasteiger partial charge in [0.2, 0.25) is 0 Å². The molecule has 0 amide bonds. The summed E-state index contributed by atoms with van der Waals surface area (Å²) in [6.07, 6.45) is 0. The summed E-state index contributed by atoms with van der Waals surface area (Å²) in [7, 11) is 5.48. The second kappa shape index (κ2) is 22.4. The fraction of sp³-hybridized carbons (Fsp3) is 1.00. The van der Waals surface area contributed by atoms with Crippen LogP contribution in [0, 0.1) is 0 Å². The van der Waals surface area contributed by atoms with Crippen molar-refractivity contribution in [2.45, 2.75) is 0 Å². The molecule has 0 aromatic carbocycles. The van der Waals surface area contributed by atoms with E-state index in [-0.39, 0.29) is 30.2 Å². The first-order valence-corrected chi connectivity index (χ1v) is 5.69. The Morgan fingerprint density at radius 2 is 1.33 bits per heavy atom. The molecule has 0 aliphatic carbocycles. The molecule has 0 aromatic rings. The SMILES string of the molecule is Br.CN(C)CCO.COCCOCCOCCO. The van der Waals surface area contributed by atoms with E-state index < -0.39 is 0 Å². The zero-order valence-electron chi connectivity index (χ0n) is 11.6. The van der Waals surface area contributed by atoms with E-state index >= 15 is 0 Å². The number of aliphatic hydroxyl groups is 2. The summed E-state index contributed by atoms with van der Waals surface area (Å²) in [6.45, 7) is 3.77. The maximum absolute atomic E-state index is 8.32. The highest BCUT2D eigenvalue weighted by atomic mass is 79.9. The van der Waals surface area contributed by atoms with Crippen LogP contribution in [0.4, 0.5) is 0 Å². The van der Waals surface area contributed by atoms with Gasteiger partial charge in [-0.3, -0.25) is 0 Å². The number of hydrogen-bond donors (Lipinski definition) is 2. The maximum atomic E-state index is 8.32. The Balaban J connectivity index is -0.000000277. The van der Waals surface area contributed by atoms with Gasteiger partial charge in [-0.15, -0.1) is 17.0 Å². The first kappa shape index (κ1) is 23.3. The Bertz CT molecular complexity index is 122. The number of halogens is 1. The lowest BCUT2D eigenvalue weighted by molar-refractivity contribution is 0.0159. The molecule has 0 aliphatic rings. The average Bonchev–Trinajstić information content (AvgIpc) is 2.29. The molecule has 0 atom stereocenters. The highest BCUT2D eigenvalue weighted by molar-refractivity contribution is 8.93. The van der Waals surface area contributed by atoms with Crippen LogP contribution in [0.1, 0.15) is 0 Å². The van der Waals surface area contributed by atoms with Gasteiger partial charge >= 0.3 is 0 Å². The van der Waals surface area contributed by atoms with E-state index in [0.717, 1.165) is 6.54 Å². The number of ether oxygens (including phenoxy) is 3. The molecule has 0 bridgehead atoms. The summed E-state index contributed by atoms with van der Waals surface area (Å²) >= 11 is 0. The summed E-state index contributed by atoms with van der Waals surface area (Å²) in [5.74, 6) is 0. The average molecular weight is 334 g/mol. The van der Waals surface area contributed by atoms with Gasteiger partial charge in [0.25, 0.3) is 0 Å². The van der Waals surface area contributed by atoms with E-state index in [4.69, 9.17) is 24.4 Å². The highest BCUT2D eigenvalue weighted by Gasteiger charge is 1.87. The molecule has 0 aromatic heterocycles. The van der Waals surface area contributed by atoms with Gasteiger partial charge in [-0.05, 0) is 14.1 Å². The zero-order chi connectivity index (χ0) is 13.4. The predicted octanol–water partition coefficient (Wildman–Crippen LogP) is -0.223. The van der Waals surface area contributed by atoms with Crippen LogP contribution in [0.3, 0.4) is 0 Å². The number of nitrogens with zero attached hydrogens (tertiary/aromatic N) is 1. The number of methoxy groups -OCH3 is 1. The van der Waals surface area contributed by atoms with Gasteiger partial charge in [0.05, 0.1) is 46.2 Å². The second-order valence-corrected chi connectivity index (χ2v) is 3.47. The van der Waals surface area contributed by atoms with Crippen molar-refractivity contribution in [3.63, 3.8) is 0 Å². The van der Waals surface area contributed by atoms with Crippen molar-refractivity contribution in [3.8, 4) is 0 Å². The topological polar surface area (TPSA) is 71.4 Å². The molecule has 2 N–H and O–H groups in total. The third-order valence-electron chi connectivity index (χ3n) is 1.59. The molecule has 7 heteroatoms. The van der Waals surface area contributed by atoms with Crippen LogP contribution in [0.25, 0.3) is 0 Å². The summed E-state index contributed by atoms with van der Waals surface area (Å²) in [4.78, 5) is 1.93. The lowest BCUT2D eigenvalue weighted by Crippen LogP contribution is -2.15. The first-order valence-electron chi connectivity index (χ1n) is 5.69. The Morgan fingerprint density at radius 3 is 1.67 bits per heavy atom. The molecule has 0 saturated heterocycles. The summed E-state index contributed by atoms with van der Waals surface area (Å²) < 4.78 is 14.8. The van der Waals surface area contributed by atoms with Crippen molar-refractivity contribution in [3.05, 3.63) is 0 Å². The quantitative estimate of drug-likeness (QED) is 0.538. The van der Waals surface area contributed by atoms with Crippen LogP contribution in [-0.2, 0) is 14.2 Å². The monoisotopic (exact) mass is 333 g/mol. The van der Waals surface area contributed by atoms with Crippen LogP contribution in [-0.4, -0.2) is 89.1 Å². The number of hydrogen-bond acceptors (Lipinski definition) is 6. The van der Waals surface area contributed by atoms with Crippen molar-refractivity contribution >= 4 is 17.0 Å². The lowest BCUT2D eigenvalue weighted by atomic mass is 10.6. The smallest absolute Gasteiger partial charge is 0.0701 e. The van der Waals surface area contributed by atoms with Crippen molar-refractivity contribution < 1.29 is 24.4 Å². The summed E-state index contributed by atoms with van der Waals surface area (Å²) in [5, 5.41) is 16.5. The van der Waals surface area contributed by atoms with Crippen molar-refractivity contribution in [2.24, 2.45) is 0 Å². The maximum Gasteiger partial charge on any atom is 0.0701 e. The van der Waals surface area contributed by atoms with Crippen molar-refractivity contribution in [1.82, 2.24) is 4.90 Å². The first-order chi connectivity index (χ1) is 8.18. The summed E-state index contributed by atoms with van der Waals surface area (Å²) in [6, 6.07) is 0. The van der Waals surface area contributed by atoms with E-state index in [1.807, 2.05) is 19.0 Å². The third kappa shape index (κ3) is 29.9. The minimum absolute atomic E-state index is 0. The van der Waals surface area contributed by atoms with E-state index in [1.54, 1.807) is 7.11 Å². The lowest BCUT2D eigenvalue weighted by Gasteiger charge is -2.03. The standard InChI is InChI=1S/C7H16O4.C4H11NO.BrH/c1-9-4-5-11-7-6-10-3-2-8;1-5(2)3-4-6;/h8H,2-7H2,1H3;6H,3-4H2,1-2H3;1H. The largest absolute Gasteiger partial charge is 0.395 e. The molecule has 0 radical (unpaired) electrons. The fourth-order valence-corrected chi connectivity index (χ4v) is 0.729. The summed E-state index contributed by atoms with van der Waals surface area (Å²) in [5.41, 5.74) is 0. The highest BCUT2D eigenvalue weighted by Crippen LogP contribution is 1.78. The van der Waals surface area contributed by atoms with Crippen LogP contribution in [0.15, 0.2) is 0 Å². The van der Waals surface area contributed by atoms with E-state index in [2.05, 4.69) is 0 Å². The molecule has 0 saturated carbocycles. The van der Waals surface area contributed by atoms with Gasteiger partial charge in [0.15, 0.2) is 0 Å². The molecular weight excluding hydrogens is 306 g/mol. The van der Waals surface area contributed by atoms with Crippen molar-refractivity contribution in [1.29, 1.82) is 0 Å². The molecule has 0 unspecified atom stereocenters. The minimum atomic E-state index is 0. The van der Waals surface area contributed by atoms with Gasteiger partial charge in [-0.25, -0.2) is 0 Å². The van der Waals surface area contributed by atoms with E-state index in [1.165, 1.54) is 0 Å². The molecule has 6 nitrogen and oxygen atoms in total. The predicted molar refractivity (Wildman–Crippen MR) is 76.6 cm³/mol. The normalized spacial score (nSPS) is 9.67. The molecule has 0 spiro atoms. The Morgan fingerprint density at radius 1 is 0.833 bits per heavy atom. The number of rotatable bonds is 10. The zero-order valence-corrected chi connectivity index (χ0v) is 13.3. The Kier molecular flexibility index (Phi) is 29.1. The Hall–Kier alpha value is 0.240. The van der Waals surface area contributed by atoms with Gasteiger partial charge < -0.3 is 29.3 Å². The molecule has 18 heavy (non-hydrogen) atoms. The fourth-order valence-electron chi connectivity index (χ4n) is 0.729. The van der Waals surface area contributed by atoms with Crippen LogP contribution >= 0.6 is 17.0 Å².